The van der Waals surface area contributed by atoms with Crippen molar-refractivity contribution in [3.63, 3.8) is 0 Å². The topological polar surface area (TPSA) is 47.4 Å². The van der Waals surface area contributed by atoms with Gasteiger partial charge in [0.15, 0.2) is 5.69 Å². The van der Waals surface area contributed by atoms with E-state index >= 15 is 0 Å². The molecule has 1 aliphatic rings. The summed E-state index contributed by atoms with van der Waals surface area (Å²) in [4.78, 5) is 14.3. The van der Waals surface area contributed by atoms with E-state index in [-0.39, 0.29) is 5.97 Å². The van der Waals surface area contributed by atoms with Crippen LogP contribution in [-0.4, -0.2) is 34.3 Å². The maximum absolute atomic E-state index is 12.0. The summed E-state index contributed by atoms with van der Waals surface area (Å²) in [6.45, 7) is 5.43. The maximum atomic E-state index is 12.0. The summed E-state index contributed by atoms with van der Waals surface area (Å²) in [5, 5.41) is 4.44. The highest BCUT2D eigenvalue weighted by Crippen LogP contribution is 2.24. The lowest BCUT2D eigenvalue weighted by Crippen LogP contribution is -2.31. The Morgan fingerprint density at radius 3 is 2.77 bits per heavy atom. The van der Waals surface area contributed by atoms with E-state index in [4.69, 9.17) is 4.74 Å². The molecule has 0 amide bonds. The van der Waals surface area contributed by atoms with Crippen molar-refractivity contribution >= 4 is 5.97 Å². The van der Waals surface area contributed by atoms with Crippen molar-refractivity contribution in [2.45, 2.75) is 33.0 Å². The molecule has 22 heavy (non-hydrogen) atoms. The number of esters is 1. The van der Waals surface area contributed by atoms with Crippen molar-refractivity contribution in [1.82, 2.24) is 14.7 Å². The number of fused-ring (bicyclic) bond motifs is 1. The van der Waals surface area contributed by atoms with E-state index in [1.807, 2.05) is 17.7 Å². The van der Waals surface area contributed by atoms with E-state index in [0.717, 1.165) is 38.2 Å². The lowest BCUT2D eigenvalue weighted by atomic mass is 10.0. The van der Waals surface area contributed by atoms with Crippen LogP contribution in [0.1, 0.15) is 34.2 Å². The first-order valence-electron chi connectivity index (χ1n) is 7.66. The van der Waals surface area contributed by atoms with Crippen LogP contribution in [0.5, 0.6) is 0 Å². The largest absolute Gasteiger partial charge is 0.464 e. The van der Waals surface area contributed by atoms with Crippen LogP contribution in [0.3, 0.4) is 0 Å². The number of hydrogen-bond acceptors (Lipinski definition) is 4. The van der Waals surface area contributed by atoms with E-state index in [1.165, 1.54) is 18.4 Å². The van der Waals surface area contributed by atoms with Crippen LogP contribution in [-0.2, 0) is 30.8 Å². The van der Waals surface area contributed by atoms with E-state index in [1.54, 1.807) is 0 Å². The SMILES string of the molecule is CCn1nc(C(=O)OC)c2c1CCN(Cc1ccccc1)C2. The molecule has 0 unspecified atom stereocenters. The Labute approximate surface area is 130 Å². The fraction of sp³-hybridized carbons (Fsp3) is 0.412. The molecule has 0 bridgehead atoms. The number of methoxy groups -OCH3 is 1. The summed E-state index contributed by atoms with van der Waals surface area (Å²) < 4.78 is 6.81. The van der Waals surface area contributed by atoms with Gasteiger partial charge in [-0.15, -0.1) is 0 Å². The number of carbonyl (C=O) groups is 1. The summed E-state index contributed by atoms with van der Waals surface area (Å²) in [6.07, 6.45) is 0.917. The first-order chi connectivity index (χ1) is 10.7. The second-order valence-corrected chi connectivity index (χ2v) is 5.53. The van der Waals surface area contributed by atoms with Gasteiger partial charge in [0.1, 0.15) is 0 Å². The number of rotatable bonds is 4. The molecule has 0 saturated heterocycles. The maximum Gasteiger partial charge on any atom is 0.358 e. The number of ether oxygens (including phenoxy) is 1. The van der Waals surface area contributed by atoms with Crippen LogP contribution in [0.25, 0.3) is 0 Å². The highest BCUT2D eigenvalue weighted by molar-refractivity contribution is 5.89. The zero-order valence-electron chi connectivity index (χ0n) is 13.1. The Hall–Kier alpha value is -2.14. The lowest BCUT2D eigenvalue weighted by molar-refractivity contribution is 0.0590. The minimum absolute atomic E-state index is 0.343. The van der Waals surface area contributed by atoms with Gasteiger partial charge in [0.05, 0.1) is 7.11 Å². The number of nitrogens with zero attached hydrogens (tertiary/aromatic N) is 3. The molecule has 0 atom stereocenters. The predicted molar refractivity (Wildman–Crippen MR) is 83.5 cm³/mol. The number of aryl methyl sites for hydroxylation is 1. The lowest BCUT2D eigenvalue weighted by Gasteiger charge is -2.27. The number of carbonyl (C=O) groups excluding carboxylic acids is 1. The van der Waals surface area contributed by atoms with Crippen LogP contribution in [0.2, 0.25) is 0 Å². The molecule has 5 nitrogen and oxygen atoms in total. The Kier molecular flexibility index (Phi) is 4.24. The van der Waals surface area contributed by atoms with Gasteiger partial charge in [-0.05, 0) is 12.5 Å². The smallest absolute Gasteiger partial charge is 0.358 e. The van der Waals surface area contributed by atoms with Crippen LogP contribution in [0.15, 0.2) is 30.3 Å². The molecule has 2 heterocycles. The second kappa shape index (κ2) is 6.32. The number of hydrogen-bond donors (Lipinski definition) is 0. The molecular formula is C17H21N3O2. The van der Waals surface area contributed by atoms with E-state index < -0.39 is 0 Å². The molecule has 2 aromatic rings. The highest BCUT2D eigenvalue weighted by Gasteiger charge is 2.28. The molecule has 3 rings (SSSR count). The molecule has 0 saturated carbocycles. The fourth-order valence-corrected chi connectivity index (χ4v) is 3.05. The molecule has 0 spiro atoms. The first kappa shape index (κ1) is 14.8. The van der Waals surface area contributed by atoms with Gasteiger partial charge < -0.3 is 4.74 Å². The van der Waals surface area contributed by atoms with E-state index in [0.29, 0.717) is 5.69 Å². The molecule has 0 N–H and O–H groups in total. The zero-order valence-corrected chi connectivity index (χ0v) is 13.1. The van der Waals surface area contributed by atoms with Gasteiger partial charge in [0.2, 0.25) is 0 Å². The molecule has 0 radical (unpaired) electrons. The summed E-state index contributed by atoms with van der Waals surface area (Å²) in [7, 11) is 1.41. The Balaban J connectivity index is 1.85. The Bertz CT molecular complexity index is 664. The van der Waals surface area contributed by atoms with Crippen LogP contribution >= 0.6 is 0 Å². The van der Waals surface area contributed by atoms with Crippen molar-refractivity contribution < 1.29 is 9.53 Å². The molecule has 1 aliphatic heterocycles. The third-order valence-electron chi connectivity index (χ3n) is 4.14. The molecule has 5 heteroatoms. The first-order valence-corrected chi connectivity index (χ1v) is 7.66. The summed E-state index contributed by atoms with van der Waals surface area (Å²) >= 11 is 0. The Morgan fingerprint density at radius 1 is 1.32 bits per heavy atom. The van der Waals surface area contributed by atoms with Crippen molar-refractivity contribution in [1.29, 1.82) is 0 Å². The molecule has 0 fully saturated rings. The van der Waals surface area contributed by atoms with Gasteiger partial charge in [-0.2, -0.15) is 5.10 Å². The Morgan fingerprint density at radius 2 is 2.09 bits per heavy atom. The average Bonchev–Trinajstić information content (AvgIpc) is 2.93. The fourth-order valence-electron chi connectivity index (χ4n) is 3.05. The molecular weight excluding hydrogens is 278 g/mol. The van der Waals surface area contributed by atoms with E-state index in [2.05, 4.69) is 34.3 Å². The van der Waals surface area contributed by atoms with Crippen LogP contribution in [0.4, 0.5) is 0 Å². The van der Waals surface area contributed by atoms with Crippen molar-refractivity contribution in [3.8, 4) is 0 Å². The summed E-state index contributed by atoms with van der Waals surface area (Å²) in [6, 6.07) is 10.4. The molecule has 116 valence electrons. The van der Waals surface area contributed by atoms with Gasteiger partial charge in [0.25, 0.3) is 0 Å². The van der Waals surface area contributed by atoms with Gasteiger partial charge in [-0.25, -0.2) is 4.79 Å². The predicted octanol–water partition coefficient (Wildman–Crippen LogP) is 2.25. The molecule has 1 aromatic carbocycles. The minimum Gasteiger partial charge on any atom is -0.464 e. The molecule has 1 aromatic heterocycles. The zero-order chi connectivity index (χ0) is 15.5. The van der Waals surface area contributed by atoms with E-state index in [9.17, 15) is 4.79 Å². The van der Waals surface area contributed by atoms with Crippen LogP contribution in [0, 0.1) is 0 Å². The third kappa shape index (κ3) is 2.76. The average molecular weight is 299 g/mol. The van der Waals surface area contributed by atoms with Gasteiger partial charge in [0, 0.05) is 43.9 Å². The van der Waals surface area contributed by atoms with Crippen LogP contribution < -0.4 is 0 Å². The highest BCUT2D eigenvalue weighted by atomic mass is 16.5. The summed E-state index contributed by atoms with van der Waals surface area (Å²) in [5.41, 5.74) is 3.95. The van der Waals surface area contributed by atoms with Gasteiger partial charge >= 0.3 is 5.97 Å². The summed E-state index contributed by atoms with van der Waals surface area (Å²) in [5.74, 6) is -0.343. The van der Waals surface area contributed by atoms with Crippen molar-refractivity contribution in [2.24, 2.45) is 0 Å². The standard InChI is InChI=1S/C17H21N3O2/c1-3-20-15-9-10-19(11-13-7-5-4-6-8-13)12-14(15)16(18-20)17(21)22-2/h4-8H,3,9-12H2,1-2H3. The number of benzene rings is 1. The molecule has 0 aliphatic carbocycles. The minimum atomic E-state index is -0.343. The number of aromatic nitrogens is 2. The monoisotopic (exact) mass is 299 g/mol. The quantitative estimate of drug-likeness (QED) is 0.812. The van der Waals surface area contributed by atoms with Crippen molar-refractivity contribution in [3.05, 3.63) is 52.8 Å². The second-order valence-electron chi connectivity index (χ2n) is 5.53. The third-order valence-corrected chi connectivity index (χ3v) is 4.14. The normalized spacial score (nSPS) is 14.6. The van der Waals surface area contributed by atoms with Gasteiger partial charge in [-0.3, -0.25) is 9.58 Å². The van der Waals surface area contributed by atoms with Gasteiger partial charge in [-0.1, -0.05) is 30.3 Å². The van der Waals surface area contributed by atoms with Crippen molar-refractivity contribution in [2.75, 3.05) is 13.7 Å².